The Hall–Kier alpha value is -2.91. The van der Waals surface area contributed by atoms with Crippen molar-refractivity contribution in [2.45, 2.75) is 26.8 Å². The van der Waals surface area contributed by atoms with Gasteiger partial charge in [0.2, 0.25) is 11.0 Å². The molecule has 7 nitrogen and oxygen atoms in total. The van der Waals surface area contributed by atoms with Crippen LogP contribution in [0.25, 0.3) is 21.3 Å². The molecule has 0 unspecified atom stereocenters. The minimum Gasteiger partial charge on any atom is -0.300 e. The van der Waals surface area contributed by atoms with Gasteiger partial charge < -0.3 is 5.32 Å². The zero-order chi connectivity index (χ0) is 19.7. The van der Waals surface area contributed by atoms with Gasteiger partial charge in [-0.15, -0.1) is 21.5 Å². The summed E-state index contributed by atoms with van der Waals surface area (Å²) < 4.78 is 1.48. The van der Waals surface area contributed by atoms with Crippen LogP contribution in [0, 0.1) is 13.8 Å². The number of nitrogens with one attached hydrogen (secondary N) is 1. The van der Waals surface area contributed by atoms with E-state index < -0.39 is 0 Å². The van der Waals surface area contributed by atoms with Gasteiger partial charge in [-0.25, -0.2) is 4.98 Å². The van der Waals surface area contributed by atoms with E-state index in [1.165, 1.54) is 33.6 Å². The number of anilines is 1. The predicted molar refractivity (Wildman–Crippen MR) is 112 cm³/mol. The lowest BCUT2D eigenvalue weighted by molar-refractivity contribution is -0.116. The summed E-state index contributed by atoms with van der Waals surface area (Å²) in [7, 11) is 0. The first-order valence-electron chi connectivity index (χ1n) is 8.65. The molecule has 0 radical (unpaired) electrons. The normalized spacial score (nSPS) is 11.1. The zero-order valence-electron chi connectivity index (χ0n) is 15.3. The second-order valence-electron chi connectivity index (χ2n) is 6.36. The lowest BCUT2D eigenvalue weighted by Crippen LogP contribution is -2.23. The number of carbonyl (C=O) groups is 1. The van der Waals surface area contributed by atoms with Crippen molar-refractivity contribution in [2.24, 2.45) is 0 Å². The van der Waals surface area contributed by atoms with Crippen LogP contribution in [-0.4, -0.2) is 25.7 Å². The van der Waals surface area contributed by atoms with Crippen molar-refractivity contribution in [3.8, 4) is 11.1 Å². The van der Waals surface area contributed by atoms with Crippen LogP contribution in [0.2, 0.25) is 0 Å². The molecule has 0 atom stereocenters. The van der Waals surface area contributed by atoms with Gasteiger partial charge in [0.15, 0.2) is 0 Å². The van der Waals surface area contributed by atoms with Crippen molar-refractivity contribution >= 4 is 43.9 Å². The van der Waals surface area contributed by atoms with Crippen LogP contribution in [-0.2, 0) is 11.3 Å². The molecule has 1 N–H and O–H groups in total. The number of nitrogens with zero attached hydrogens (tertiary/aromatic N) is 4. The molecule has 0 aliphatic rings. The number of benzene rings is 1. The lowest BCUT2D eigenvalue weighted by atomic mass is 10.1. The number of rotatable bonds is 5. The molecule has 1 aromatic carbocycles. The van der Waals surface area contributed by atoms with Gasteiger partial charge in [-0.1, -0.05) is 41.2 Å². The molecule has 0 spiro atoms. The molecule has 0 aliphatic carbocycles. The standard InChI is InChI=1S/C19H17N5O2S2/c1-11-3-5-13(6-4-11)14-9-27-17-16(14)18(26)24(10-20-17)8-7-15(25)21-19-23-22-12(2)28-19/h3-6,9-10H,7-8H2,1-2H3,(H,21,23,25). The van der Waals surface area contributed by atoms with E-state index in [2.05, 4.69) is 20.5 Å². The highest BCUT2D eigenvalue weighted by Crippen LogP contribution is 2.30. The number of hydrogen-bond acceptors (Lipinski definition) is 7. The highest BCUT2D eigenvalue weighted by atomic mass is 32.1. The average Bonchev–Trinajstić information content (AvgIpc) is 3.28. The van der Waals surface area contributed by atoms with Crippen LogP contribution >= 0.6 is 22.7 Å². The van der Waals surface area contributed by atoms with Gasteiger partial charge in [0.1, 0.15) is 9.84 Å². The van der Waals surface area contributed by atoms with Crippen molar-refractivity contribution in [3.63, 3.8) is 0 Å². The number of amides is 1. The van der Waals surface area contributed by atoms with Gasteiger partial charge in [-0.2, -0.15) is 0 Å². The summed E-state index contributed by atoms with van der Waals surface area (Å²) in [5, 5.41) is 14.2. The van der Waals surface area contributed by atoms with E-state index in [1.807, 2.05) is 43.5 Å². The molecule has 9 heteroatoms. The number of hydrogen-bond donors (Lipinski definition) is 1. The van der Waals surface area contributed by atoms with Gasteiger partial charge in [0, 0.05) is 23.9 Å². The van der Waals surface area contributed by atoms with Crippen LogP contribution in [0.5, 0.6) is 0 Å². The van der Waals surface area contributed by atoms with Crippen LogP contribution in [0.15, 0.2) is 40.8 Å². The Labute approximate surface area is 168 Å². The van der Waals surface area contributed by atoms with Crippen molar-refractivity contribution in [1.29, 1.82) is 0 Å². The molecule has 0 bridgehead atoms. The average molecular weight is 412 g/mol. The molecule has 4 aromatic rings. The maximum atomic E-state index is 13.0. The van der Waals surface area contributed by atoms with Crippen LogP contribution in [0.1, 0.15) is 17.0 Å². The highest BCUT2D eigenvalue weighted by Gasteiger charge is 2.14. The highest BCUT2D eigenvalue weighted by molar-refractivity contribution is 7.17. The molecule has 142 valence electrons. The Morgan fingerprint density at radius 1 is 1.18 bits per heavy atom. The maximum Gasteiger partial charge on any atom is 0.262 e. The minimum absolute atomic E-state index is 0.138. The Morgan fingerprint density at radius 2 is 1.96 bits per heavy atom. The van der Waals surface area contributed by atoms with E-state index in [4.69, 9.17) is 0 Å². The van der Waals surface area contributed by atoms with Gasteiger partial charge in [-0.05, 0) is 19.4 Å². The van der Waals surface area contributed by atoms with E-state index in [-0.39, 0.29) is 24.4 Å². The second kappa shape index (κ2) is 7.61. The Kier molecular flexibility index (Phi) is 5.01. The summed E-state index contributed by atoms with van der Waals surface area (Å²) in [6, 6.07) is 8.05. The molecule has 0 fully saturated rings. The Morgan fingerprint density at radius 3 is 2.68 bits per heavy atom. The van der Waals surface area contributed by atoms with Crippen molar-refractivity contribution in [3.05, 3.63) is 56.9 Å². The fraction of sp³-hybridized carbons (Fsp3) is 0.211. The summed E-state index contributed by atoms with van der Waals surface area (Å²) in [4.78, 5) is 30.2. The quantitative estimate of drug-likeness (QED) is 0.542. The van der Waals surface area contributed by atoms with Crippen molar-refractivity contribution in [2.75, 3.05) is 5.32 Å². The predicted octanol–water partition coefficient (Wildman–Crippen LogP) is 3.62. The third-order valence-electron chi connectivity index (χ3n) is 4.28. The first-order chi connectivity index (χ1) is 13.5. The fourth-order valence-corrected chi connectivity index (χ4v) is 4.34. The number of fused-ring (bicyclic) bond motifs is 1. The van der Waals surface area contributed by atoms with Crippen LogP contribution in [0.4, 0.5) is 5.13 Å². The summed E-state index contributed by atoms with van der Waals surface area (Å²) in [6.45, 7) is 4.09. The number of thiophene rings is 1. The monoisotopic (exact) mass is 411 g/mol. The third kappa shape index (κ3) is 3.71. The maximum absolute atomic E-state index is 13.0. The van der Waals surface area contributed by atoms with Gasteiger partial charge >= 0.3 is 0 Å². The molecule has 4 rings (SSSR count). The molecular formula is C19H17N5O2S2. The smallest absolute Gasteiger partial charge is 0.262 e. The molecular weight excluding hydrogens is 394 g/mol. The molecule has 3 aromatic heterocycles. The van der Waals surface area contributed by atoms with E-state index in [0.29, 0.717) is 15.3 Å². The Bertz CT molecular complexity index is 1210. The molecule has 3 heterocycles. The molecule has 0 saturated carbocycles. The fourth-order valence-electron chi connectivity index (χ4n) is 2.82. The van der Waals surface area contributed by atoms with Crippen molar-refractivity contribution in [1.82, 2.24) is 19.7 Å². The van der Waals surface area contributed by atoms with E-state index in [9.17, 15) is 9.59 Å². The number of aryl methyl sites for hydroxylation is 3. The molecule has 1 amide bonds. The molecule has 0 saturated heterocycles. The Balaban J connectivity index is 1.57. The van der Waals surface area contributed by atoms with Gasteiger partial charge in [0.05, 0.1) is 11.7 Å². The van der Waals surface area contributed by atoms with Crippen LogP contribution < -0.4 is 10.9 Å². The van der Waals surface area contributed by atoms with Crippen molar-refractivity contribution < 1.29 is 4.79 Å². The number of carbonyl (C=O) groups excluding carboxylic acids is 1. The first kappa shape index (κ1) is 18.5. The topological polar surface area (TPSA) is 89.8 Å². The minimum atomic E-state index is -0.216. The SMILES string of the molecule is Cc1ccc(-c2csc3ncn(CCC(=O)Nc4nnc(C)s4)c(=O)c23)cc1. The van der Waals surface area contributed by atoms with E-state index >= 15 is 0 Å². The first-order valence-corrected chi connectivity index (χ1v) is 10.3. The summed E-state index contributed by atoms with van der Waals surface area (Å²) >= 11 is 2.76. The molecule has 0 aliphatic heterocycles. The van der Waals surface area contributed by atoms with Gasteiger partial charge in [0.25, 0.3) is 5.56 Å². The van der Waals surface area contributed by atoms with E-state index in [0.717, 1.165) is 21.7 Å². The second-order valence-corrected chi connectivity index (χ2v) is 8.40. The number of aromatic nitrogens is 4. The third-order valence-corrected chi connectivity index (χ3v) is 5.92. The summed E-state index contributed by atoms with van der Waals surface area (Å²) in [5.41, 5.74) is 2.88. The van der Waals surface area contributed by atoms with Crippen LogP contribution in [0.3, 0.4) is 0 Å². The largest absolute Gasteiger partial charge is 0.300 e. The summed E-state index contributed by atoms with van der Waals surface area (Å²) in [5.74, 6) is -0.216. The summed E-state index contributed by atoms with van der Waals surface area (Å²) in [6.07, 6.45) is 1.65. The van der Waals surface area contributed by atoms with E-state index in [1.54, 1.807) is 0 Å². The van der Waals surface area contributed by atoms with Gasteiger partial charge in [-0.3, -0.25) is 14.2 Å². The lowest BCUT2D eigenvalue weighted by Gasteiger charge is -2.06. The zero-order valence-corrected chi connectivity index (χ0v) is 16.9. The molecule has 28 heavy (non-hydrogen) atoms.